The Morgan fingerprint density at radius 1 is 1.24 bits per heavy atom. The van der Waals surface area contributed by atoms with E-state index in [1.807, 2.05) is 25.1 Å². The van der Waals surface area contributed by atoms with Crippen LogP contribution >= 0.6 is 0 Å². The van der Waals surface area contributed by atoms with Gasteiger partial charge in [-0.3, -0.25) is 4.79 Å². The molecule has 0 aliphatic heterocycles. The number of hydrogen-bond acceptors (Lipinski definition) is 2. The van der Waals surface area contributed by atoms with Crippen molar-refractivity contribution in [2.24, 2.45) is 5.92 Å². The van der Waals surface area contributed by atoms with E-state index in [9.17, 15) is 4.79 Å². The Morgan fingerprint density at radius 2 is 2.05 bits per heavy atom. The molecule has 1 aromatic carbocycles. The molecule has 1 aliphatic rings. The number of aryl methyl sites for hydroxylation is 1. The zero-order chi connectivity index (χ0) is 15.2. The molecule has 3 heteroatoms. The third-order valence-corrected chi connectivity index (χ3v) is 4.45. The van der Waals surface area contributed by atoms with E-state index in [-0.39, 0.29) is 5.91 Å². The third kappa shape index (κ3) is 4.48. The molecular formula is C18H28N2O. The van der Waals surface area contributed by atoms with Gasteiger partial charge < -0.3 is 10.6 Å². The van der Waals surface area contributed by atoms with Crippen molar-refractivity contribution in [3.63, 3.8) is 0 Å². The van der Waals surface area contributed by atoms with Gasteiger partial charge in [-0.1, -0.05) is 25.8 Å². The number of amides is 1. The van der Waals surface area contributed by atoms with Gasteiger partial charge in [-0.05, 0) is 56.7 Å². The topological polar surface area (TPSA) is 41.1 Å². The summed E-state index contributed by atoms with van der Waals surface area (Å²) in [6.07, 6.45) is 6.40. The summed E-state index contributed by atoms with van der Waals surface area (Å²) in [7, 11) is 0. The van der Waals surface area contributed by atoms with Gasteiger partial charge in [0.25, 0.3) is 5.91 Å². The maximum Gasteiger partial charge on any atom is 0.251 e. The molecule has 0 aromatic heterocycles. The fraction of sp³-hybridized carbons (Fsp3) is 0.611. The minimum Gasteiger partial charge on any atom is -0.382 e. The van der Waals surface area contributed by atoms with Crippen LogP contribution in [0, 0.1) is 12.8 Å². The molecule has 0 bridgehead atoms. The number of anilines is 1. The number of benzene rings is 1. The molecule has 0 heterocycles. The van der Waals surface area contributed by atoms with E-state index >= 15 is 0 Å². The molecule has 2 unspecified atom stereocenters. The van der Waals surface area contributed by atoms with Crippen molar-refractivity contribution in [3.05, 3.63) is 29.3 Å². The van der Waals surface area contributed by atoms with Crippen molar-refractivity contribution in [1.29, 1.82) is 0 Å². The second-order valence-electron chi connectivity index (χ2n) is 6.34. The summed E-state index contributed by atoms with van der Waals surface area (Å²) in [5.41, 5.74) is 3.06. The molecule has 1 amide bonds. The molecule has 2 rings (SSSR count). The zero-order valence-electron chi connectivity index (χ0n) is 13.5. The predicted molar refractivity (Wildman–Crippen MR) is 88.8 cm³/mol. The van der Waals surface area contributed by atoms with E-state index in [1.165, 1.54) is 37.7 Å². The molecule has 3 nitrogen and oxygen atoms in total. The summed E-state index contributed by atoms with van der Waals surface area (Å²) in [6.45, 7) is 7.06. The van der Waals surface area contributed by atoms with Crippen molar-refractivity contribution in [2.75, 3.05) is 11.9 Å². The normalized spacial score (nSPS) is 22.4. The number of rotatable bonds is 4. The van der Waals surface area contributed by atoms with Crippen molar-refractivity contribution in [2.45, 2.75) is 58.9 Å². The highest BCUT2D eigenvalue weighted by Gasteiger charge is 2.17. The first-order valence-electron chi connectivity index (χ1n) is 8.25. The minimum absolute atomic E-state index is 0.00930. The first kappa shape index (κ1) is 15.9. The van der Waals surface area contributed by atoms with Gasteiger partial charge in [0.1, 0.15) is 0 Å². The smallest absolute Gasteiger partial charge is 0.251 e. The Kier molecular flexibility index (Phi) is 5.66. The van der Waals surface area contributed by atoms with Gasteiger partial charge in [0, 0.05) is 23.8 Å². The van der Waals surface area contributed by atoms with Crippen LogP contribution in [0.5, 0.6) is 0 Å². The number of carbonyl (C=O) groups excluding carboxylic acids is 1. The van der Waals surface area contributed by atoms with E-state index in [4.69, 9.17) is 0 Å². The Bertz CT molecular complexity index is 484. The van der Waals surface area contributed by atoms with Gasteiger partial charge in [0.15, 0.2) is 0 Å². The van der Waals surface area contributed by atoms with Crippen LogP contribution in [0.2, 0.25) is 0 Å². The SMILES string of the molecule is CCNC(=O)c1ccc(C)c(NC2CCCC(C)CC2)c1. The van der Waals surface area contributed by atoms with Crippen molar-refractivity contribution in [3.8, 4) is 0 Å². The summed E-state index contributed by atoms with van der Waals surface area (Å²) in [5.74, 6) is 0.856. The molecule has 1 aromatic rings. The summed E-state index contributed by atoms with van der Waals surface area (Å²) >= 11 is 0. The van der Waals surface area contributed by atoms with Gasteiger partial charge >= 0.3 is 0 Å². The lowest BCUT2D eigenvalue weighted by Gasteiger charge is -2.20. The molecule has 116 valence electrons. The van der Waals surface area contributed by atoms with Crippen LogP contribution in [0.15, 0.2) is 18.2 Å². The maximum atomic E-state index is 12.0. The van der Waals surface area contributed by atoms with Crippen LogP contribution in [0.1, 0.15) is 61.9 Å². The predicted octanol–water partition coefficient (Wildman–Crippen LogP) is 4.13. The number of nitrogens with one attached hydrogen (secondary N) is 2. The van der Waals surface area contributed by atoms with Crippen molar-refractivity contribution < 1.29 is 4.79 Å². The highest BCUT2D eigenvalue weighted by Crippen LogP contribution is 2.26. The molecule has 1 fully saturated rings. The Balaban J connectivity index is 2.08. The summed E-state index contributed by atoms with van der Waals surface area (Å²) in [6, 6.07) is 6.47. The van der Waals surface area contributed by atoms with Crippen LogP contribution in [-0.4, -0.2) is 18.5 Å². The second kappa shape index (κ2) is 7.48. The van der Waals surface area contributed by atoms with E-state index in [0.717, 1.165) is 17.2 Å². The number of carbonyl (C=O) groups is 1. The lowest BCUT2D eigenvalue weighted by molar-refractivity contribution is 0.0956. The molecular weight excluding hydrogens is 260 g/mol. The molecule has 0 saturated heterocycles. The van der Waals surface area contributed by atoms with Crippen molar-refractivity contribution in [1.82, 2.24) is 5.32 Å². The van der Waals surface area contributed by atoms with Gasteiger partial charge in [-0.25, -0.2) is 0 Å². The first-order chi connectivity index (χ1) is 10.1. The van der Waals surface area contributed by atoms with Crippen LogP contribution in [0.25, 0.3) is 0 Å². The quantitative estimate of drug-likeness (QED) is 0.818. The van der Waals surface area contributed by atoms with E-state index in [2.05, 4.69) is 24.5 Å². The van der Waals surface area contributed by atoms with Gasteiger partial charge in [-0.15, -0.1) is 0 Å². The molecule has 2 atom stereocenters. The van der Waals surface area contributed by atoms with Crippen LogP contribution in [-0.2, 0) is 0 Å². The lowest BCUT2D eigenvalue weighted by Crippen LogP contribution is -2.23. The van der Waals surface area contributed by atoms with Crippen molar-refractivity contribution >= 4 is 11.6 Å². The van der Waals surface area contributed by atoms with Crippen LogP contribution < -0.4 is 10.6 Å². The monoisotopic (exact) mass is 288 g/mol. The highest BCUT2D eigenvalue weighted by atomic mass is 16.1. The summed E-state index contributed by atoms with van der Waals surface area (Å²) in [5, 5.41) is 6.53. The Hall–Kier alpha value is -1.51. The second-order valence-corrected chi connectivity index (χ2v) is 6.34. The van der Waals surface area contributed by atoms with Crippen LogP contribution in [0.4, 0.5) is 5.69 Å². The fourth-order valence-corrected chi connectivity index (χ4v) is 3.03. The van der Waals surface area contributed by atoms with Gasteiger partial charge in [0.05, 0.1) is 0 Å². The van der Waals surface area contributed by atoms with Gasteiger partial charge in [0.2, 0.25) is 0 Å². The maximum absolute atomic E-state index is 12.0. The van der Waals surface area contributed by atoms with Crippen LogP contribution in [0.3, 0.4) is 0 Å². The molecule has 0 radical (unpaired) electrons. The molecule has 1 aliphatic carbocycles. The third-order valence-electron chi connectivity index (χ3n) is 4.45. The molecule has 1 saturated carbocycles. The molecule has 0 spiro atoms. The molecule has 2 N–H and O–H groups in total. The highest BCUT2D eigenvalue weighted by molar-refractivity contribution is 5.95. The average molecular weight is 288 g/mol. The summed E-state index contributed by atoms with van der Waals surface area (Å²) < 4.78 is 0. The number of hydrogen-bond donors (Lipinski definition) is 2. The van der Waals surface area contributed by atoms with Gasteiger partial charge in [-0.2, -0.15) is 0 Å². The van der Waals surface area contributed by atoms with E-state index in [0.29, 0.717) is 12.6 Å². The summed E-state index contributed by atoms with van der Waals surface area (Å²) in [4.78, 5) is 12.0. The Morgan fingerprint density at radius 3 is 2.81 bits per heavy atom. The van der Waals surface area contributed by atoms with E-state index in [1.54, 1.807) is 0 Å². The largest absolute Gasteiger partial charge is 0.382 e. The molecule has 21 heavy (non-hydrogen) atoms. The average Bonchev–Trinajstić information content (AvgIpc) is 2.66. The lowest BCUT2D eigenvalue weighted by atomic mass is 10.0. The zero-order valence-corrected chi connectivity index (χ0v) is 13.5. The standard InChI is InChI=1S/C18H28N2O/c1-4-19-18(21)15-10-9-14(3)17(12-15)20-16-7-5-6-13(2)8-11-16/h9-10,12-13,16,20H,4-8,11H2,1-3H3,(H,19,21). The van der Waals surface area contributed by atoms with E-state index < -0.39 is 0 Å². The Labute approximate surface area is 128 Å². The minimum atomic E-state index is 0.00930. The first-order valence-corrected chi connectivity index (χ1v) is 8.25. The fourth-order valence-electron chi connectivity index (χ4n) is 3.03.